The summed E-state index contributed by atoms with van der Waals surface area (Å²) in [7, 11) is 0. The molecule has 0 saturated carbocycles. The van der Waals surface area contributed by atoms with E-state index in [1.807, 2.05) is 50.5 Å². The van der Waals surface area contributed by atoms with Gasteiger partial charge in [-0.25, -0.2) is 4.98 Å². The monoisotopic (exact) mass is 608 g/mol. The van der Waals surface area contributed by atoms with Crippen molar-refractivity contribution in [2.45, 2.75) is 27.7 Å². The average molecular weight is 609 g/mol. The Morgan fingerprint density at radius 1 is 0.404 bits per heavy atom. The molecule has 0 fully saturated rings. The maximum atomic E-state index is 5.05. The maximum absolute atomic E-state index is 5.05. The molecule has 0 aliphatic carbocycles. The first-order chi connectivity index (χ1) is 22.9. The number of nitrogens with zero attached hydrogens (tertiary/aromatic N) is 6. The number of benzene rings is 4. The standard InChI is InChI=1S/C41H32N6/c1-25-5-11-29(12-6-25)31-15-19-37-33(21-31)34-22-32(30-13-7-26(2)8-14-30)16-20-38(34)47(37)41-45-39(35-17-9-27(3)23-42-35)44-40(46-41)36-18-10-28(4)24-43-36/h5-24H,1-4H3. The molecule has 4 aromatic heterocycles. The minimum absolute atomic E-state index is 0.495. The Morgan fingerprint density at radius 2 is 0.809 bits per heavy atom. The highest BCUT2D eigenvalue weighted by Crippen LogP contribution is 2.37. The summed E-state index contributed by atoms with van der Waals surface area (Å²) in [6.07, 6.45) is 3.67. The van der Waals surface area contributed by atoms with E-state index in [0.29, 0.717) is 29.0 Å². The second kappa shape index (κ2) is 11.4. The lowest BCUT2D eigenvalue weighted by Gasteiger charge is -2.11. The van der Waals surface area contributed by atoms with Crippen LogP contribution in [0.1, 0.15) is 22.3 Å². The van der Waals surface area contributed by atoms with Gasteiger partial charge in [0.05, 0.1) is 11.0 Å². The van der Waals surface area contributed by atoms with Crippen LogP contribution < -0.4 is 0 Å². The molecule has 0 aliphatic rings. The number of hydrogen-bond acceptors (Lipinski definition) is 5. The molecule has 0 unspecified atom stereocenters. The van der Waals surface area contributed by atoms with Gasteiger partial charge in [-0.1, -0.05) is 83.9 Å². The van der Waals surface area contributed by atoms with E-state index < -0.39 is 0 Å². The van der Waals surface area contributed by atoms with Gasteiger partial charge >= 0.3 is 0 Å². The Bertz CT molecular complexity index is 2240. The van der Waals surface area contributed by atoms with Crippen LogP contribution in [0.2, 0.25) is 0 Å². The van der Waals surface area contributed by atoms with Gasteiger partial charge in [-0.2, -0.15) is 9.97 Å². The molecule has 0 spiro atoms. The largest absolute Gasteiger partial charge is 0.278 e. The van der Waals surface area contributed by atoms with E-state index in [1.165, 1.54) is 22.3 Å². The molecule has 0 N–H and O–H groups in total. The number of hydrogen-bond donors (Lipinski definition) is 0. The number of rotatable bonds is 5. The Kier molecular flexibility index (Phi) is 6.91. The Morgan fingerprint density at radius 3 is 1.21 bits per heavy atom. The molecule has 47 heavy (non-hydrogen) atoms. The van der Waals surface area contributed by atoms with Crippen molar-refractivity contribution in [3.8, 4) is 51.2 Å². The van der Waals surface area contributed by atoms with Gasteiger partial charge in [-0.15, -0.1) is 0 Å². The van der Waals surface area contributed by atoms with Crippen LogP contribution in [0.25, 0.3) is 73.0 Å². The van der Waals surface area contributed by atoms with E-state index in [1.54, 1.807) is 0 Å². The fourth-order valence-corrected chi connectivity index (χ4v) is 5.98. The zero-order valence-electron chi connectivity index (χ0n) is 26.7. The van der Waals surface area contributed by atoms with Crippen molar-refractivity contribution < 1.29 is 0 Å². The first kappa shape index (κ1) is 28.5. The van der Waals surface area contributed by atoms with E-state index >= 15 is 0 Å². The predicted octanol–water partition coefficient (Wildman–Crippen LogP) is 9.66. The predicted molar refractivity (Wildman–Crippen MR) is 190 cm³/mol. The van der Waals surface area contributed by atoms with Crippen molar-refractivity contribution in [3.63, 3.8) is 0 Å². The van der Waals surface area contributed by atoms with Gasteiger partial charge in [0.25, 0.3) is 0 Å². The third-order valence-electron chi connectivity index (χ3n) is 8.64. The number of aryl methyl sites for hydroxylation is 4. The smallest absolute Gasteiger partial charge is 0.238 e. The molecule has 4 heterocycles. The summed E-state index contributed by atoms with van der Waals surface area (Å²) in [4.78, 5) is 24.3. The highest BCUT2D eigenvalue weighted by molar-refractivity contribution is 6.11. The molecule has 226 valence electrons. The van der Waals surface area contributed by atoms with E-state index in [-0.39, 0.29) is 0 Å². The molecular weight excluding hydrogens is 576 g/mol. The SMILES string of the molecule is Cc1ccc(-c2ccc3c(c2)c2cc(-c4ccc(C)cc4)ccc2n3-c2nc(-c3ccc(C)cn3)nc(-c3ccc(C)cn3)n2)cc1. The lowest BCUT2D eigenvalue weighted by molar-refractivity contribution is 0.942. The normalized spacial score (nSPS) is 11.4. The molecule has 0 atom stereocenters. The molecule has 0 bridgehead atoms. The average Bonchev–Trinajstić information content (AvgIpc) is 3.42. The maximum Gasteiger partial charge on any atom is 0.238 e. The summed E-state index contributed by atoms with van der Waals surface area (Å²) < 4.78 is 2.14. The first-order valence-electron chi connectivity index (χ1n) is 15.7. The van der Waals surface area contributed by atoms with Crippen molar-refractivity contribution in [2.75, 3.05) is 0 Å². The lowest BCUT2D eigenvalue weighted by Crippen LogP contribution is -2.07. The minimum atomic E-state index is 0.495. The summed E-state index contributed by atoms with van der Waals surface area (Å²) >= 11 is 0. The minimum Gasteiger partial charge on any atom is -0.278 e. The van der Waals surface area contributed by atoms with Crippen molar-refractivity contribution in [1.82, 2.24) is 29.5 Å². The van der Waals surface area contributed by atoms with Crippen LogP contribution >= 0.6 is 0 Å². The van der Waals surface area contributed by atoms with Crippen LogP contribution in [-0.4, -0.2) is 29.5 Å². The Labute approximate surface area is 273 Å². The Hall–Kier alpha value is -6.01. The third-order valence-corrected chi connectivity index (χ3v) is 8.64. The molecule has 8 aromatic rings. The number of fused-ring (bicyclic) bond motifs is 3. The number of pyridine rings is 2. The molecule has 6 heteroatoms. The zero-order valence-corrected chi connectivity index (χ0v) is 26.7. The zero-order chi connectivity index (χ0) is 32.1. The van der Waals surface area contributed by atoms with E-state index in [9.17, 15) is 0 Å². The molecule has 0 amide bonds. The highest BCUT2D eigenvalue weighted by atomic mass is 15.2. The van der Waals surface area contributed by atoms with E-state index in [0.717, 1.165) is 44.1 Å². The summed E-state index contributed by atoms with van der Waals surface area (Å²) in [6.45, 7) is 8.27. The van der Waals surface area contributed by atoms with Crippen molar-refractivity contribution in [2.24, 2.45) is 0 Å². The first-order valence-corrected chi connectivity index (χ1v) is 15.7. The fourth-order valence-electron chi connectivity index (χ4n) is 5.98. The second-order valence-corrected chi connectivity index (χ2v) is 12.3. The summed E-state index contributed by atoms with van der Waals surface area (Å²) in [6, 6.07) is 38.6. The molecule has 6 nitrogen and oxygen atoms in total. The number of aromatic nitrogens is 6. The quantitative estimate of drug-likeness (QED) is 0.195. The van der Waals surface area contributed by atoms with Gasteiger partial charge in [-0.3, -0.25) is 14.5 Å². The van der Waals surface area contributed by atoms with Gasteiger partial charge in [0.15, 0.2) is 11.6 Å². The van der Waals surface area contributed by atoms with Crippen LogP contribution in [-0.2, 0) is 0 Å². The summed E-state index contributed by atoms with van der Waals surface area (Å²) in [5, 5.41) is 2.25. The molecular formula is C41H32N6. The highest BCUT2D eigenvalue weighted by Gasteiger charge is 2.20. The van der Waals surface area contributed by atoms with Gasteiger partial charge in [0.2, 0.25) is 5.95 Å². The van der Waals surface area contributed by atoms with Gasteiger partial charge in [-0.05, 0) is 97.5 Å². The molecule has 8 rings (SSSR count). The van der Waals surface area contributed by atoms with Gasteiger partial charge in [0.1, 0.15) is 11.4 Å². The van der Waals surface area contributed by atoms with Gasteiger partial charge < -0.3 is 0 Å². The van der Waals surface area contributed by atoms with Crippen molar-refractivity contribution in [1.29, 1.82) is 0 Å². The van der Waals surface area contributed by atoms with Crippen molar-refractivity contribution >= 4 is 21.8 Å². The van der Waals surface area contributed by atoms with E-state index in [2.05, 4.69) is 113 Å². The molecule has 0 saturated heterocycles. The van der Waals surface area contributed by atoms with Crippen LogP contribution in [0.15, 0.2) is 122 Å². The molecule has 4 aromatic carbocycles. The van der Waals surface area contributed by atoms with Crippen LogP contribution in [0.4, 0.5) is 0 Å². The second-order valence-electron chi connectivity index (χ2n) is 12.3. The van der Waals surface area contributed by atoms with Crippen LogP contribution in [0, 0.1) is 27.7 Å². The fraction of sp³-hybridized carbons (Fsp3) is 0.0976. The van der Waals surface area contributed by atoms with Gasteiger partial charge in [0, 0.05) is 23.2 Å². The third kappa shape index (κ3) is 5.34. The topological polar surface area (TPSA) is 69.4 Å². The summed E-state index contributed by atoms with van der Waals surface area (Å²) in [5.41, 5.74) is 12.6. The van der Waals surface area contributed by atoms with Crippen LogP contribution in [0.3, 0.4) is 0 Å². The lowest BCUT2D eigenvalue weighted by atomic mass is 9.99. The van der Waals surface area contributed by atoms with Crippen LogP contribution in [0.5, 0.6) is 0 Å². The summed E-state index contributed by atoms with van der Waals surface area (Å²) in [5.74, 6) is 1.51. The molecule has 0 aliphatic heterocycles. The molecule has 0 radical (unpaired) electrons. The Balaban J connectivity index is 1.40. The van der Waals surface area contributed by atoms with E-state index in [4.69, 9.17) is 15.0 Å². The van der Waals surface area contributed by atoms with Crippen molar-refractivity contribution in [3.05, 3.63) is 144 Å².